The highest BCUT2D eigenvalue weighted by Crippen LogP contribution is 2.18. The molecule has 1 aromatic rings. The van der Waals surface area contributed by atoms with E-state index >= 15 is 0 Å². The van der Waals surface area contributed by atoms with E-state index in [4.69, 9.17) is 0 Å². The average Bonchev–Trinajstić information content (AvgIpc) is 2.28. The minimum Gasteiger partial charge on any atom is -0.345 e. The van der Waals surface area contributed by atoms with Crippen LogP contribution in [0.4, 0.5) is 5.69 Å². The smallest absolute Gasteiger partial charge is 0.255 e. The highest BCUT2D eigenvalue weighted by molar-refractivity contribution is 9.10. The van der Waals surface area contributed by atoms with Crippen LogP contribution in [0.25, 0.3) is 0 Å². The third kappa shape index (κ3) is 3.71. The number of carbonyl (C=O) groups is 1. The Labute approximate surface area is 109 Å². The first kappa shape index (κ1) is 14.0. The molecule has 0 aliphatic rings. The SMILES string of the molecule is CN(C)C(=O)c1ccccc1NS(=O)(=O)CBr. The molecule has 7 heteroatoms. The fraction of sp³-hybridized carbons (Fsp3) is 0.300. The highest BCUT2D eigenvalue weighted by Gasteiger charge is 2.16. The molecule has 0 heterocycles. The number of nitrogens with one attached hydrogen (secondary N) is 1. The van der Waals surface area contributed by atoms with Crippen LogP contribution in [0, 0.1) is 0 Å². The van der Waals surface area contributed by atoms with Gasteiger partial charge in [0.25, 0.3) is 5.91 Å². The molecule has 0 radical (unpaired) electrons. The number of nitrogens with zero attached hydrogens (tertiary/aromatic N) is 1. The summed E-state index contributed by atoms with van der Waals surface area (Å²) in [4.78, 5) is 13.2. The van der Waals surface area contributed by atoms with Gasteiger partial charge in [-0.25, -0.2) is 8.42 Å². The summed E-state index contributed by atoms with van der Waals surface area (Å²) in [6, 6.07) is 6.48. The van der Waals surface area contributed by atoms with E-state index in [0.29, 0.717) is 5.56 Å². The molecular weight excluding hydrogens is 308 g/mol. The van der Waals surface area contributed by atoms with Crippen LogP contribution < -0.4 is 4.72 Å². The number of alkyl halides is 1. The van der Waals surface area contributed by atoms with Crippen molar-refractivity contribution in [3.05, 3.63) is 29.8 Å². The zero-order valence-corrected chi connectivity index (χ0v) is 11.9. The van der Waals surface area contributed by atoms with Crippen molar-refractivity contribution >= 4 is 37.5 Å². The molecule has 0 fully saturated rings. The van der Waals surface area contributed by atoms with Crippen LogP contribution in [-0.2, 0) is 10.0 Å². The number of anilines is 1. The fourth-order valence-corrected chi connectivity index (χ4v) is 2.11. The maximum absolute atomic E-state index is 11.8. The first-order valence-corrected chi connectivity index (χ1v) is 7.52. The van der Waals surface area contributed by atoms with Gasteiger partial charge in [0.15, 0.2) is 0 Å². The van der Waals surface area contributed by atoms with E-state index in [1.54, 1.807) is 38.4 Å². The van der Waals surface area contributed by atoms with E-state index in [-0.39, 0.29) is 16.3 Å². The van der Waals surface area contributed by atoms with Crippen LogP contribution in [0.1, 0.15) is 10.4 Å². The van der Waals surface area contributed by atoms with E-state index in [0.717, 1.165) is 0 Å². The summed E-state index contributed by atoms with van der Waals surface area (Å²) in [5.41, 5.74) is 0.604. The minimum absolute atomic E-state index is 0.218. The molecule has 0 spiro atoms. The first-order chi connectivity index (χ1) is 7.87. The van der Waals surface area contributed by atoms with Gasteiger partial charge in [-0.3, -0.25) is 9.52 Å². The highest BCUT2D eigenvalue weighted by atomic mass is 79.9. The van der Waals surface area contributed by atoms with Crippen molar-refractivity contribution in [2.45, 2.75) is 0 Å². The third-order valence-corrected chi connectivity index (χ3v) is 4.60. The van der Waals surface area contributed by atoms with E-state index in [1.807, 2.05) is 0 Å². The molecule has 0 aliphatic carbocycles. The van der Waals surface area contributed by atoms with E-state index in [9.17, 15) is 13.2 Å². The summed E-state index contributed by atoms with van der Waals surface area (Å²) in [6.45, 7) is 0. The molecule has 0 unspecified atom stereocenters. The van der Waals surface area contributed by atoms with Crippen molar-refractivity contribution in [1.29, 1.82) is 0 Å². The standard InChI is InChI=1S/C10H13BrN2O3S/c1-13(2)10(14)8-5-3-4-6-9(8)12-17(15,16)7-11/h3-6,12H,7H2,1-2H3. The Kier molecular flexibility index (Phi) is 4.53. The number of benzene rings is 1. The number of para-hydroxylation sites is 1. The van der Waals surface area contributed by atoms with Gasteiger partial charge in [-0.1, -0.05) is 28.1 Å². The van der Waals surface area contributed by atoms with Gasteiger partial charge >= 0.3 is 0 Å². The first-order valence-electron chi connectivity index (χ1n) is 4.74. The molecule has 0 aliphatic heterocycles. The Morgan fingerprint density at radius 2 is 1.94 bits per heavy atom. The van der Waals surface area contributed by atoms with Crippen molar-refractivity contribution in [3.8, 4) is 0 Å². The molecule has 0 saturated carbocycles. The largest absolute Gasteiger partial charge is 0.345 e. The number of hydrogen-bond acceptors (Lipinski definition) is 3. The van der Waals surface area contributed by atoms with E-state index < -0.39 is 10.0 Å². The molecule has 0 aromatic heterocycles. The second kappa shape index (κ2) is 5.50. The lowest BCUT2D eigenvalue weighted by Crippen LogP contribution is -2.24. The third-order valence-electron chi connectivity index (χ3n) is 1.97. The normalized spacial score (nSPS) is 11.0. The number of amides is 1. The van der Waals surface area contributed by atoms with Crippen LogP contribution in [0.3, 0.4) is 0 Å². The molecular formula is C10H13BrN2O3S. The van der Waals surface area contributed by atoms with Gasteiger partial charge in [-0.2, -0.15) is 0 Å². The average molecular weight is 321 g/mol. The molecule has 1 N–H and O–H groups in total. The van der Waals surface area contributed by atoms with Crippen LogP contribution in [0.2, 0.25) is 0 Å². The number of hydrogen-bond donors (Lipinski definition) is 1. The lowest BCUT2D eigenvalue weighted by atomic mass is 10.1. The quantitative estimate of drug-likeness (QED) is 0.854. The van der Waals surface area contributed by atoms with Crippen LogP contribution in [-0.4, -0.2) is 38.0 Å². The molecule has 0 atom stereocenters. The molecule has 17 heavy (non-hydrogen) atoms. The number of carbonyl (C=O) groups excluding carboxylic acids is 1. The monoisotopic (exact) mass is 320 g/mol. The second-order valence-corrected chi connectivity index (χ2v) is 6.60. The maximum atomic E-state index is 11.8. The lowest BCUT2D eigenvalue weighted by molar-refractivity contribution is 0.0828. The van der Waals surface area contributed by atoms with Gasteiger partial charge in [0.2, 0.25) is 10.0 Å². The summed E-state index contributed by atoms with van der Waals surface area (Å²) in [5.74, 6) is -0.252. The summed E-state index contributed by atoms with van der Waals surface area (Å²) in [6.07, 6.45) is 0. The van der Waals surface area contributed by atoms with Crippen LogP contribution in [0.15, 0.2) is 24.3 Å². The van der Waals surface area contributed by atoms with E-state index in [2.05, 4.69) is 20.7 Å². The van der Waals surface area contributed by atoms with Crippen molar-refractivity contribution in [2.24, 2.45) is 0 Å². The number of halogens is 1. The number of rotatable bonds is 4. The van der Waals surface area contributed by atoms with Crippen molar-refractivity contribution < 1.29 is 13.2 Å². The zero-order chi connectivity index (χ0) is 13.1. The molecule has 0 saturated heterocycles. The summed E-state index contributed by atoms with van der Waals surface area (Å²) in [7, 11) is -0.240. The topological polar surface area (TPSA) is 66.5 Å². The Balaban J connectivity index is 3.13. The van der Waals surface area contributed by atoms with E-state index in [1.165, 1.54) is 4.90 Å². The predicted molar refractivity (Wildman–Crippen MR) is 70.8 cm³/mol. The van der Waals surface area contributed by atoms with Gasteiger partial charge in [-0.05, 0) is 12.1 Å². The Morgan fingerprint density at radius 1 is 1.35 bits per heavy atom. The van der Waals surface area contributed by atoms with Gasteiger partial charge < -0.3 is 4.90 Å². The van der Waals surface area contributed by atoms with Gasteiger partial charge in [0, 0.05) is 14.1 Å². The molecule has 1 aromatic carbocycles. The molecule has 1 rings (SSSR count). The van der Waals surface area contributed by atoms with Gasteiger partial charge in [0.1, 0.15) is 4.66 Å². The summed E-state index contributed by atoms with van der Waals surface area (Å²) >= 11 is 2.87. The lowest BCUT2D eigenvalue weighted by Gasteiger charge is -2.14. The molecule has 5 nitrogen and oxygen atoms in total. The summed E-state index contributed by atoms with van der Waals surface area (Å²) < 4.78 is 25.0. The predicted octanol–water partition coefficient (Wildman–Crippen LogP) is 1.48. The Bertz CT molecular complexity index is 514. The molecule has 0 bridgehead atoms. The Hall–Kier alpha value is -1.08. The van der Waals surface area contributed by atoms with Crippen molar-refractivity contribution in [2.75, 3.05) is 23.5 Å². The van der Waals surface area contributed by atoms with Crippen molar-refractivity contribution in [1.82, 2.24) is 4.90 Å². The summed E-state index contributed by atoms with van der Waals surface area (Å²) in [5, 5.41) is 0. The molecule has 1 amide bonds. The van der Waals surface area contributed by atoms with Gasteiger partial charge in [0.05, 0.1) is 11.3 Å². The Morgan fingerprint density at radius 3 is 2.47 bits per heavy atom. The minimum atomic E-state index is -3.46. The number of sulfonamides is 1. The van der Waals surface area contributed by atoms with Gasteiger partial charge in [-0.15, -0.1) is 0 Å². The van der Waals surface area contributed by atoms with Crippen LogP contribution >= 0.6 is 15.9 Å². The van der Waals surface area contributed by atoms with Crippen LogP contribution in [0.5, 0.6) is 0 Å². The maximum Gasteiger partial charge on any atom is 0.255 e. The fourth-order valence-electron chi connectivity index (χ4n) is 1.19. The second-order valence-electron chi connectivity index (χ2n) is 3.57. The van der Waals surface area contributed by atoms with Crippen molar-refractivity contribution in [3.63, 3.8) is 0 Å². The zero-order valence-electron chi connectivity index (χ0n) is 9.47. The molecule has 94 valence electrons.